The lowest BCUT2D eigenvalue weighted by Gasteiger charge is -2.18. The number of benzene rings is 1. The van der Waals surface area contributed by atoms with E-state index < -0.39 is 17.5 Å². The van der Waals surface area contributed by atoms with E-state index in [0.717, 1.165) is 4.80 Å². The van der Waals surface area contributed by atoms with E-state index in [0.29, 0.717) is 17.0 Å². The molecule has 1 amide bonds. The van der Waals surface area contributed by atoms with Gasteiger partial charge in [0.05, 0.1) is 0 Å². The highest BCUT2D eigenvalue weighted by Gasteiger charge is 2.18. The number of nitrogens with zero attached hydrogens (tertiary/aromatic N) is 4. The van der Waals surface area contributed by atoms with Crippen molar-refractivity contribution in [1.29, 1.82) is 0 Å². The molecule has 0 aliphatic heterocycles. The summed E-state index contributed by atoms with van der Waals surface area (Å²) in [5.74, 6) is -0.604. The maximum absolute atomic E-state index is 11.7. The topological polar surface area (TPSA) is 113 Å². The second-order valence-electron chi connectivity index (χ2n) is 5.67. The Bertz CT molecular complexity index is 685. The van der Waals surface area contributed by atoms with E-state index in [1.54, 1.807) is 45.0 Å². The van der Waals surface area contributed by atoms with Crippen molar-refractivity contribution in [1.82, 2.24) is 20.2 Å². The number of aromatic nitrogens is 4. The number of tetrazole rings is 1. The summed E-state index contributed by atoms with van der Waals surface area (Å²) in [4.78, 5) is 23.9. The summed E-state index contributed by atoms with van der Waals surface area (Å²) in [6, 6.07) is 6.47. The van der Waals surface area contributed by atoms with Crippen molar-refractivity contribution < 1.29 is 14.3 Å². The van der Waals surface area contributed by atoms with Gasteiger partial charge in [0, 0.05) is 11.1 Å². The molecular formula is C14H17N5O3. The van der Waals surface area contributed by atoms with E-state index in [2.05, 4.69) is 15.4 Å². The van der Waals surface area contributed by atoms with Gasteiger partial charge in [-0.2, -0.15) is 4.80 Å². The third-order valence-electron chi connectivity index (χ3n) is 2.57. The van der Waals surface area contributed by atoms with Crippen LogP contribution in [0.5, 0.6) is 0 Å². The van der Waals surface area contributed by atoms with Gasteiger partial charge in [-0.1, -0.05) is 12.1 Å². The van der Waals surface area contributed by atoms with Crippen LogP contribution >= 0.6 is 0 Å². The molecule has 2 aromatic rings. The van der Waals surface area contributed by atoms with Gasteiger partial charge in [-0.25, -0.2) is 4.79 Å². The molecule has 2 N–H and O–H groups in total. The molecule has 0 atom stereocenters. The van der Waals surface area contributed by atoms with Crippen molar-refractivity contribution in [3.8, 4) is 11.4 Å². The quantitative estimate of drug-likeness (QED) is 0.835. The first-order valence-corrected chi connectivity index (χ1v) is 6.64. The molecule has 0 aliphatic rings. The Morgan fingerprint density at radius 3 is 2.41 bits per heavy atom. The average molecular weight is 303 g/mol. The lowest BCUT2D eigenvalue weighted by molar-refractivity contribution is -0.156. The first kappa shape index (κ1) is 15.6. The lowest BCUT2D eigenvalue weighted by Crippen LogP contribution is -2.27. The van der Waals surface area contributed by atoms with Gasteiger partial charge >= 0.3 is 5.97 Å². The van der Waals surface area contributed by atoms with Crippen LogP contribution in [0.4, 0.5) is 0 Å². The molecule has 1 heterocycles. The van der Waals surface area contributed by atoms with Gasteiger partial charge in [-0.15, -0.1) is 10.2 Å². The molecule has 2 rings (SSSR count). The summed E-state index contributed by atoms with van der Waals surface area (Å²) < 4.78 is 5.18. The molecule has 1 aromatic carbocycles. The first-order valence-electron chi connectivity index (χ1n) is 6.64. The molecule has 22 heavy (non-hydrogen) atoms. The number of hydrogen-bond donors (Lipinski definition) is 1. The van der Waals surface area contributed by atoms with Gasteiger partial charge in [0.15, 0.2) is 6.54 Å². The van der Waals surface area contributed by atoms with Crippen LogP contribution in [-0.2, 0) is 16.1 Å². The monoisotopic (exact) mass is 303 g/mol. The number of carbonyl (C=O) groups is 2. The number of ether oxygens (including phenoxy) is 1. The molecule has 1 aromatic heterocycles. The van der Waals surface area contributed by atoms with E-state index >= 15 is 0 Å². The highest BCUT2D eigenvalue weighted by molar-refractivity contribution is 5.93. The Balaban J connectivity index is 2.08. The molecule has 8 nitrogen and oxygen atoms in total. The molecule has 0 saturated heterocycles. The number of nitrogens with two attached hydrogens (primary N) is 1. The fraction of sp³-hybridized carbons (Fsp3) is 0.357. The van der Waals surface area contributed by atoms with Crippen LogP contribution in [0.15, 0.2) is 24.3 Å². The maximum Gasteiger partial charge on any atom is 0.330 e. The highest BCUT2D eigenvalue weighted by Crippen LogP contribution is 2.14. The fourth-order valence-electron chi connectivity index (χ4n) is 1.70. The van der Waals surface area contributed by atoms with Crippen LogP contribution in [0, 0.1) is 0 Å². The minimum absolute atomic E-state index is 0.121. The number of esters is 1. The average Bonchev–Trinajstić information content (AvgIpc) is 2.85. The van der Waals surface area contributed by atoms with Crippen LogP contribution in [0.25, 0.3) is 11.4 Å². The molecular weight excluding hydrogens is 286 g/mol. The molecule has 116 valence electrons. The summed E-state index contributed by atoms with van der Waals surface area (Å²) >= 11 is 0. The number of primary amides is 1. The first-order chi connectivity index (χ1) is 10.2. The van der Waals surface area contributed by atoms with E-state index in [1.807, 2.05) is 0 Å². The minimum Gasteiger partial charge on any atom is -0.459 e. The fourth-order valence-corrected chi connectivity index (χ4v) is 1.70. The zero-order chi connectivity index (χ0) is 16.3. The highest BCUT2D eigenvalue weighted by atomic mass is 16.6. The van der Waals surface area contributed by atoms with Crippen LogP contribution in [-0.4, -0.2) is 37.7 Å². The Kier molecular flexibility index (Phi) is 4.20. The molecule has 0 spiro atoms. The molecule has 8 heteroatoms. The van der Waals surface area contributed by atoms with Gasteiger partial charge in [-0.05, 0) is 38.1 Å². The van der Waals surface area contributed by atoms with Crippen molar-refractivity contribution in [2.45, 2.75) is 32.9 Å². The van der Waals surface area contributed by atoms with Gasteiger partial charge < -0.3 is 10.5 Å². The zero-order valence-corrected chi connectivity index (χ0v) is 12.6. The van der Waals surface area contributed by atoms with Gasteiger partial charge in [0.25, 0.3) is 0 Å². The van der Waals surface area contributed by atoms with Crippen LogP contribution in [0.1, 0.15) is 31.1 Å². The smallest absolute Gasteiger partial charge is 0.330 e. The van der Waals surface area contributed by atoms with E-state index in [9.17, 15) is 9.59 Å². The van der Waals surface area contributed by atoms with Gasteiger partial charge in [0.1, 0.15) is 5.60 Å². The van der Waals surface area contributed by atoms with E-state index in [-0.39, 0.29) is 6.54 Å². The van der Waals surface area contributed by atoms with Crippen molar-refractivity contribution in [3.05, 3.63) is 29.8 Å². The molecule has 0 radical (unpaired) electrons. The Hall–Kier alpha value is -2.77. The van der Waals surface area contributed by atoms with Crippen molar-refractivity contribution in [2.75, 3.05) is 0 Å². The largest absolute Gasteiger partial charge is 0.459 e. The van der Waals surface area contributed by atoms with Crippen molar-refractivity contribution >= 4 is 11.9 Å². The zero-order valence-electron chi connectivity index (χ0n) is 12.6. The predicted molar refractivity (Wildman–Crippen MR) is 77.6 cm³/mol. The number of hydrogen-bond acceptors (Lipinski definition) is 6. The van der Waals surface area contributed by atoms with E-state index in [1.165, 1.54) is 0 Å². The third kappa shape index (κ3) is 4.11. The third-order valence-corrected chi connectivity index (χ3v) is 2.57. The van der Waals surface area contributed by atoms with Crippen LogP contribution in [0.3, 0.4) is 0 Å². The minimum atomic E-state index is -0.564. The molecule has 0 fully saturated rings. The van der Waals surface area contributed by atoms with Gasteiger partial charge in [0.2, 0.25) is 11.7 Å². The molecule has 0 unspecified atom stereocenters. The molecule has 0 bridgehead atoms. The molecule has 0 aliphatic carbocycles. The Morgan fingerprint density at radius 1 is 1.23 bits per heavy atom. The second-order valence-corrected chi connectivity index (χ2v) is 5.67. The summed E-state index contributed by atoms with van der Waals surface area (Å²) in [7, 11) is 0. The second kappa shape index (κ2) is 5.92. The predicted octanol–water partition coefficient (Wildman–Crippen LogP) is 0.781. The summed E-state index contributed by atoms with van der Waals surface area (Å²) in [6.45, 7) is 5.23. The van der Waals surface area contributed by atoms with Crippen LogP contribution in [0.2, 0.25) is 0 Å². The van der Waals surface area contributed by atoms with Crippen LogP contribution < -0.4 is 5.73 Å². The normalized spacial score (nSPS) is 11.2. The van der Waals surface area contributed by atoms with E-state index in [4.69, 9.17) is 10.5 Å². The standard InChI is InChI=1S/C14H17N5O3/c1-14(2,3)22-11(20)8-19-17-13(16-18-19)10-6-4-9(5-7-10)12(15)21/h4-7H,8H2,1-3H3,(H2,15,21). The Morgan fingerprint density at radius 2 is 1.86 bits per heavy atom. The Labute approximate surface area is 127 Å². The van der Waals surface area contributed by atoms with Crippen molar-refractivity contribution in [2.24, 2.45) is 5.73 Å². The van der Waals surface area contributed by atoms with Crippen molar-refractivity contribution in [3.63, 3.8) is 0 Å². The summed E-state index contributed by atoms with van der Waals surface area (Å²) in [5, 5.41) is 11.8. The maximum atomic E-state index is 11.7. The van der Waals surface area contributed by atoms with Gasteiger partial charge in [-0.3, -0.25) is 4.79 Å². The summed E-state index contributed by atoms with van der Waals surface area (Å²) in [5.41, 5.74) is 5.67. The summed E-state index contributed by atoms with van der Waals surface area (Å²) in [6.07, 6.45) is 0. The molecule has 0 saturated carbocycles. The lowest BCUT2D eigenvalue weighted by atomic mass is 10.1. The SMILES string of the molecule is CC(C)(C)OC(=O)Cn1nnc(-c2ccc(C(N)=O)cc2)n1. The number of carbonyl (C=O) groups excluding carboxylic acids is 2. The number of amides is 1. The number of rotatable bonds is 4.